The van der Waals surface area contributed by atoms with Gasteiger partial charge in [-0.25, -0.2) is 0 Å². The van der Waals surface area contributed by atoms with Crippen LogP contribution >= 0.6 is 12.2 Å². The van der Waals surface area contributed by atoms with E-state index < -0.39 is 0 Å². The van der Waals surface area contributed by atoms with E-state index in [-0.39, 0.29) is 6.10 Å². The highest BCUT2D eigenvalue weighted by atomic mass is 32.1. The average Bonchev–Trinajstić information content (AvgIpc) is 2.82. The van der Waals surface area contributed by atoms with Crippen molar-refractivity contribution in [1.82, 2.24) is 5.32 Å². The molecule has 1 fully saturated rings. The van der Waals surface area contributed by atoms with Gasteiger partial charge in [-0.1, -0.05) is 12.1 Å². The van der Waals surface area contributed by atoms with E-state index in [4.69, 9.17) is 22.7 Å². The molecule has 1 aliphatic heterocycles. The Morgan fingerprint density at radius 3 is 3.00 bits per heavy atom. The molecule has 1 atom stereocenters. The summed E-state index contributed by atoms with van der Waals surface area (Å²) in [6.45, 7) is 1.61. The Kier molecular flexibility index (Phi) is 4.17. The number of para-hydroxylation sites is 2. The lowest BCUT2D eigenvalue weighted by molar-refractivity contribution is 0.114. The van der Waals surface area contributed by atoms with Crippen LogP contribution < -0.4 is 16.4 Å². The van der Waals surface area contributed by atoms with Gasteiger partial charge in [0, 0.05) is 13.2 Å². The number of nitrogen functional groups attached to an aromatic ring is 1. The maximum absolute atomic E-state index is 5.81. The summed E-state index contributed by atoms with van der Waals surface area (Å²) < 4.78 is 5.50. The van der Waals surface area contributed by atoms with Crippen molar-refractivity contribution < 1.29 is 4.74 Å². The van der Waals surface area contributed by atoms with Gasteiger partial charge in [-0.2, -0.15) is 0 Å². The predicted octanol–water partition coefficient (Wildman–Crippen LogP) is 1.73. The number of benzene rings is 1. The number of hydrogen-bond donors (Lipinski definition) is 3. The molecule has 4 nitrogen and oxygen atoms in total. The van der Waals surface area contributed by atoms with E-state index in [0.29, 0.717) is 10.8 Å². The minimum absolute atomic E-state index is 0.280. The molecule has 0 aliphatic carbocycles. The molecule has 92 valence electrons. The summed E-state index contributed by atoms with van der Waals surface area (Å²) in [4.78, 5) is 0. The summed E-state index contributed by atoms with van der Waals surface area (Å²) in [5.41, 5.74) is 7.33. The van der Waals surface area contributed by atoms with Crippen molar-refractivity contribution in [2.75, 3.05) is 24.2 Å². The third-order valence-electron chi connectivity index (χ3n) is 2.72. The fourth-order valence-electron chi connectivity index (χ4n) is 1.79. The lowest BCUT2D eigenvalue weighted by Gasteiger charge is -2.14. The zero-order chi connectivity index (χ0) is 12.1. The fraction of sp³-hybridized carbons (Fsp3) is 0.417. The highest BCUT2D eigenvalue weighted by molar-refractivity contribution is 7.80. The molecule has 0 bridgehead atoms. The Balaban J connectivity index is 1.79. The largest absolute Gasteiger partial charge is 0.397 e. The van der Waals surface area contributed by atoms with Crippen molar-refractivity contribution in [3.8, 4) is 0 Å². The average molecular weight is 251 g/mol. The second-order valence-electron chi connectivity index (χ2n) is 4.06. The van der Waals surface area contributed by atoms with Crippen LogP contribution in [0.5, 0.6) is 0 Å². The summed E-state index contributed by atoms with van der Waals surface area (Å²) in [5, 5.41) is 6.80. The highest BCUT2D eigenvalue weighted by Gasteiger charge is 2.15. The van der Waals surface area contributed by atoms with E-state index in [9.17, 15) is 0 Å². The van der Waals surface area contributed by atoms with Gasteiger partial charge in [0.15, 0.2) is 5.11 Å². The Morgan fingerprint density at radius 2 is 2.29 bits per heavy atom. The monoisotopic (exact) mass is 251 g/mol. The SMILES string of the molecule is Nc1ccccc1NC(=S)NCC1CCCO1. The van der Waals surface area contributed by atoms with Crippen LogP contribution in [-0.2, 0) is 4.74 Å². The molecule has 4 N–H and O–H groups in total. The van der Waals surface area contributed by atoms with Gasteiger partial charge in [0.05, 0.1) is 17.5 Å². The van der Waals surface area contributed by atoms with Crippen molar-refractivity contribution in [2.24, 2.45) is 0 Å². The Morgan fingerprint density at radius 1 is 1.47 bits per heavy atom. The van der Waals surface area contributed by atoms with E-state index in [1.807, 2.05) is 24.3 Å². The van der Waals surface area contributed by atoms with Gasteiger partial charge in [0.1, 0.15) is 0 Å². The third-order valence-corrected chi connectivity index (χ3v) is 2.97. The summed E-state index contributed by atoms with van der Waals surface area (Å²) in [5.74, 6) is 0. The topological polar surface area (TPSA) is 59.3 Å². The Hall–Kier alpha value is -1.33. The van der Waals surface area contributed by atoms with Gasteiger partial charge >= 0.3 is 0 Å². The van der Waals surface area contributed by atoms with Crippen LogP contribution in [-0.4, -0.2) is 24.4 Å². The molecule has 0 aromatic heterocycles. The molecule has 5 heteroatoms. The standard InChI is InChI=1S/C12H17N3OS/c13-10-5-1-2-6-11(10)15-12(17)14-8-9-4-3-7-16-9/h1-2,5-6,9H,3-4,7-8,13H2,(H2,14,15,17). The van der Waals surface area contributed by atoms with Crippen molar-refractivity contribution >= 4 is 28.7 Å². The summed E-state index contributed by atoms with van der Waals surface area (Å²) in [6, 6.07) is 7.55. The number of thiocarbonyl (C=S) groups is 1. The molecular formula is C12H17N3OS. The van der Waals surface area contributed by atoms with Crippen LogP contribution in [0, 0.1) is 0 Å². The Bertz CT molecular complexity index is 391. The van der Waals surface area contributed by atoms with Gasteiger partial charge in [-0.3, -0.25) is 0 Å². The molecule has 1 aliphatic rings. The van der Waals surface area contributed by atoms with E-state index >= 15 is 0 Å². The fourth-order valence-corrected chi connectivity index (χ4v) is 1.98. The van der Waals surface area contributed by atoms with E-state index in [0.717, 1.165) is 31.7 Å². The first-order valence-corrected chi connectivity index (χ1v) is 6.17. The molecule has 1 heterocycles. The molecule has 1 aromatic rings. The normalized spacial score (nSPS) is 18.9. The van der Waals surface area contributed by atoms with Gasteiger partial charge in [0.2, 0.25) is 0 Å². The number of anilines is 2. The van der Waals surface area contributed by atoms with Crippen LogP contribution in [0.1, 0.15) is 12.8 Å². The molecule has 0 radical (unpaired) electrons. The number of hydrogen-bond acceptors (Lipinski definition) is 3. The molecule has 1 saturated heterocycles. The van der Waals surface area contributed by atoms with Crippen LogP contribution in [0.25, 0.3) is 0 Å². The smallest absolute Gasteiger partial charge is 0.170 e. The van der Waals surface area contributed by atoms with E-state index in [1.54, 1.807) is 0 Å². The number of nitrogens with one attached hydrogen (secondary N) is 2. The van der Waals surface area contributed by atoms with Crippen LogP contribution in [0.2, 0.25) is 0 Å². The Labute approximate surface area is 107 Å². The lowest BCUT2D eigenvalue weighted by atomic mass is 10.2. The minimum Gasteiger partial charge on any atom is -0.397 e. The van der Waals surface area contributed by atoms with Crippen LogP contribution in [0.15, 0.2) is 24.3 Å². The number of rotatable bonds is 3. The third kappa shape index (κ3) is 3.57. The maximum Gasteiger partial charge on any atom is 0.170 e. The first kappa shape index (κ1) is 12.1. The molecule has 0 saturated carbocycles. The summed E-state index contributed by atoms with van der Waals surface area (Å²) in [7, 11) is 0. The second-order valence-corrected chi connectivity index (χ2v) is 4.47. The van der Waals surface area contributed by atoms with Crippen molar-refractivity contribution in [1.29, 1.82) is 0 Å². The summed E-state index contributed by atoms with van der Waals surface area (Å²) >= 11 is 5.20. The number of nitrogens with two attached hydrogens (primary N) is 1. The molecule has 0 spiro atoms. The number of ether oxygens (including phenoxy) is 1. The molecular weight excluding hydrogens is 234 g/mol. The zero-order valence-corrected chi connectivity index (χ0v) is 10.4. The second kappa shape index (κ2) is 5.84. The van der Waals surface area contributed by atoms with Crippen LogP contribution in [0.3, 0.4) is 0 Å². The first-order valence-electron chi connectivity index (χ1n) is 5.76. The summed E-state index contributed by atoms with van der Waals surface area (Å²) in [6.07, 6.45) is 2.52. The lowest BCUT2D eigenvalue weighted by Crippen LogP contribution is -2.34. The molecule has 0 amide bonds. The predicted molar refractivity (Wildman–Crippen MR) is 74.1 cm³/mol. The minimum atomic E-state index is 0.280. The van der Waals surface area contributed by atoms with Gasteiger partial charge in [0.25, 0.3) is 0 Å². The van der Waals surface area contributed by atoms with Crippen LogP contribution in [0.4, 0.5) is 11.4 Å². The van der Waals surface area contributed by atoms with Crippen molar-refractivity contribution in [3.05, 3.63) is 24.3 Å². The maximum atomic E-state index is 5.81. The highest BCUT2D eigenvalue weighted by Crippen LogP contribution is 2.16. The van der Waals surface area contributed by atoms with Crippen molar-refractivity contribution in [3.63, 3.8) is 0 Å². The zero-order valence-electron chi connectivity index (χ0n) is 9.61. The van der Waals surface area contributed by atoms with Crippen molar-refractivity contribution in [2.45, 2.75) is 18.9 Å². The van der Waals surface area contributed by atoms with Gasteiger partial charge < -0.3 is 21.1 Å². The van der Waals surface area contributed by atoms with E-state index in [2.05, 4.69) is 10.6 Å². The molecule has 1 unspecified atom stereocenters. The molecule has 1 aromatic carbocycles. The van der Waals surface area contributed by atoms with Gasteiger partial charge in [-0.05, 0) is 37.2 Å². The molecule has 17 heavy (non-hydrogen) atoms. The quantitative estimate of drug-likeness (QED) is 0.564. The van der Waals surface area contributed by atoms with E-state index in [1.165, 1.54) is 0 Å². The molecule has 2 rings (SSSR count). The van der Waals surface area contributed by atoms with Gasteiger partial charge in [-0.15, -0.1) is 0 Å². The first-order chi connectivity index (χ1) is 8.25.